The lowest BCUT2D eigenvalue weighted by Crippen LogP contribution is -2.46. The molecule has 5 nitrogen and oxygen atoms in total. The quantitative estimate of drug-likeness (QED) is 0.868. The third-order valence-electron chi connectivity index (χ3n) is 5.80. The van der Waals surface area contributed by atoms with E-state index < -0.39 is 6.10 Å². The van der Waals surface area contributed by atoms with Crippen LogP contribution >= 0.6 is 0 Å². The second-order valence-electron chi connectivity index (χ2n) is 7.04. The number of hydrogen-bond acceptors (Lipinski definition) is 4. The fourth-order valence-electron chi connectivity index (χ4n) is 4.73. The lowest BCUT2D eigenvalue weighted by atomic mass is 9.82. The Morgan fingerprint density at radius 2 is 1.96 bits per heavy atom. The zero-order chi connectivity index (χ0) is 16.0. The summed E-state index contributed by atoms with van der Waals surface area (Å²) in [6, 6.07) is 8.27. The monoisotopic (exact) mass is 316 g/mol. The van der Waals surface area contributed by atoms with E-state index in [9.17, 15) is 9.90 Å². The summed E-state index contributed by atoms with van der Waals surface area (Å²) in [5.41, 5.74) is 1.01. The number of amides is 1. The van der Waals surface area contributed by atoms with Gasteiger partial charge in [0.25, 0.3) is 5.91 Å². The molecule has 2 N–H and O–H groups in total. The molecule has 4 rings (SSSR count). The number of nitrogens with one attached hydrogen (secondary N) is 1. The largest absolute Gasteiger partial charge is 0.490 e. The maximum Gasteiger partial charge on any atom is 0.255 e. The van der Waals surface area contributed by atoms with Gasteiger partial charge in [-0.3, -0.25) is 4.79 Å². The van der Waals surface area contributed by atoms with Gasteiger partial charge in [-0.1, -0.05) is 18.2 Å². The Balaban J connectivity index is 1.40. The fourth-order valence-corrected chi connectivity index (χ4v) is 4.73. The Hall–Kier alpha value is -1.59. The number of aliphatic hydroxyl groups is 1. The summed E-state index contributed by atoms with van der Waals surface area (Å²) < 4.78 is 5.65. The number of carbonyl (C=O) groups excluding carboxylic acids is 1. The highest BCUT2D eigenvalue weighted by Gasteiger charge is 2.56. The number of para-hydroxylation sites is 1. The molecular formula is C18H24N2O3. The van der Waals surface area contributed by atoms with Crippen LogP contribution in [0.5, 0.6) is 5.75 Å². The number of aliphatic hydroxyl groups excluding tert-OH is 1. The fraction of sp³-hybridized carbons (Fsp3) is 0.611. The third-order valence-corrected chi connectivity index (χ3v) is 5.80. The Morgan fingerprint density at radius 3 is 2.61 bits per heavy atom. The van der Waals surface area contributed by atoms with Gasteiger partial charge in [-0.2, -0.15) is 0 Å². The van der Waals surface area contributed by atoms with Gasteiger partial charge < -0.3 is 20.1 Å². The van der Waals surface area contributed by atoms with E-state index in [0.29, 0.717) is 23.9 Å². The average molecular weight is 316 g/mol. The van der Waals surface area contributed by atoms with Crippen LogP contribution in [0.15, 0.2) is 24.3 Å². The van der Waals surface area contributed by atoms with Crippen LogP contribution in [0.4, 0.5) is 0 Å². The van der Waals surface area contributed by atoms with Gasteiger partial charge >= 0.3 is 0 Å². The molecule has 124 valence electrons. The third kappa shape index (κ3) is 2.42. The van der Waals surface area contributed by atoms with E-state index in [-0.39, 0.29) is 12.5 Å². The number of benzene rings is 1. The van der Waals surface area contributed by atoms with E-state index in [1.807, 2.05) is 36.1 Å². The van der Waals surface area contributed by atoms with Crippen LogP contribution in [0.3, 0.4) is 0 Å². The van der Waals surface area contributed by atoms with Gasteiger partial charge in [-0.05, 0) is 43.2 Å². The van der Waals surface area contributed by atoms with Gasteiger partial charge in [0.15, 0.2) is 6.10 Å². The van der Waals surface area contributed by atoms with E-state index in [4.69, 9.17) is 4.74 Å². The zero-order valence-corrected chi connectivity index (χ0v) is 13.4. The predicted molar refractivity (Wildman–Crippen MR) is 86.2 cm³/mol. The molecule has 3 fully saturated rings. The number of carbonyl (C=O) groups is 1. The second-order valence-corrected chi connectivity index (χ2v) is 7.04. The summed E-state index contributed by atoms with van der Waals surface area (Å²) in [5, 5.41) is 13.8. The predicted octanol–water partition coefficient (Wildman–Crippen LogP) is 0.944. The highest BCUT2D eigenvalue weighted by atomic mass is 16.5. The summed E-state index contributed by atoms with van der Waals surface area (Å²) in [4.78, 5) is 14.7. The van der Waals surface area contributed by atoms with Gasteiger partial charge in [0.1, 0.15) is 12.4 Å². The number of hydrogen-bond donors (Lipinski definition) is 2. The van der Waals surface area contributed by atoms with Gasteiger partial charge in [0.2, 0.25) is 0 Å². The Kier molecular flexibility index (Phi) is 3.77. The molecule has 3 heterocycles. The first-order valence-electron chi connectivity index (χ1n) is 8.56. The Bertz CT molecular complexity index is 588. The zero-order valence-electron chi connectivity index (χ0n) is 13.4. The summed E-state index contributed by atoms with van der Waals surface area (Å²) in [6.07, 6.45) is 1.07. The van der Waals surface area contributed by atoms with E-state index in [2.05, 4.69) is 5.32 Å². The highest BCUT2D eigenvalue weighted by Crippen LogP contribution is 2.47. The highest BCUT2D eigenvalue weighted by molar-refractivity contribution is 5.82. The number of nitrogens with zero attached hydrogens (tertiary/aromatic N) is 1. The van der Waals surface area contributed by atoms with Crippen molar-refractivity contribution < 1.29 is 14.6 Å². The van der Waals surface area contributed by atoms with E-state index in [0.717, 1.165) is 37.2 Å². The van der Waals surface area contributed by atoms with Crippen molar-refractivity contribution in [1.82, 2.24) is 10.2 Å². The molecule has 5 atom stereocenters. The van der Waals surface area contributed by atoms with Gasteiger partial charge in [-0.25, -0.2) is 0 Å². The molecule has 1 amide bonds. The lowest BCUT2D eigenvalue weighted by molar-refractivity contribution is -0.143. The number of rotatable bonds is 4. The van der Waals surface area contributed by atoms with Gasteiger partial charge in [0.05, 0.1) is 0 Å². The van der Waals surface area contributed by atoms with Crippen LogP contribution in [0.25, 0.3) is 0 Å². The molecule has 3 aliphatic heterocycles. The van der Waals surface area contributed by atoms with Crippen molar-refractivity contribution in [2.24, 2.45) is 11.8 Å². The van der Waals surface area contributed by atoms with Crippen LogP contribution in [0, 0.1) is 18.8 Å². The molecule has 0 aliphatic carbocycles. The second kappa shape index (κ2) is 5.80. The smallest absolute Gasteiger partial charge is 0.255 e. The molecule has 0 unspecified atom stereocenters. The minimum absolute atomic E-state index is 0.0210. The van der Waals surface area contributed by atoms with Crippen molar-refractivity contribution >= 4 is 5.91 Å². The maximum atomic E-state index is 12.7. The summed E-state index contributed by atoms with van der Waals surface area (Å²) in [5.74, 6) is 1.72. The number of fused-ring (bicyclic) bond motifs is 5. The van der Waals surface area contributed by atoms with Crippen molar-refractivity contribution in [2.75, 3.05) is 19.7 Å². The molecule has 0 saturated carbocycles. The molecule has 2 bridgehead atoms. The SMILES string of the molecule is Cc1ccccc1OC[C@@H](O)C(=O)N1[C@@H]2CC[C@H]1[C@H]1CNC[C@H]12. The topological polar surface area (TPSA) is 61.8 Å². The molecule has 3 aliphatic rings. The summed E-state index contributed by atoms with van der Waals surface area (Å²) in [6.45, 7) is 3.99. The molecule has 5 heteroatoms. The Morgan fingerprint density at radius 1 is 1.30 bits per heavy atom. The first-order valence-corrected chi connectivity index (χ1v) is 8.56. The van der Waals surface area contributed by atoms with Crippen LogP contribution in [-0.4, -0.2) is 53.8 Å². The molecular weight excluding hydrogens is 292 g/mol. The number of aryl methyl sites for hydroxylation is 1. The van der Waals surface area contributed by atoms with Crippen molar-refractivity contribution in [1.29, 1.82) is 0 Å². The standard InChI is InChI=1S/C18H24N2O3/c1-11-4-2-3-5-17(11)23-10-16(21)18(22)20-14-6-7-15(20)13-9-19-8-12(13)14/h2-5,12-16,19,21H,6-10H2,1H3/t12-,13+,14-,15+,16-/m1/s1. The van der Waals surface area contributed by atoms with Crippen LogP contribution < -0.4 is 10.1 Å². The van der Waals surface area contributed by atoms with E-state index in [1.54, 1.807) is 0 Å². The maximum absolute atomic E-state index is 12.7. The van der Waals surface area contributed by atoms with Crippen LogP contribution in [0.2, 0.25) is 0 Å². The molecule has 1 aromatic carbocycles. The number of ether oxygens (including phenoxy) is 1. The molecule has 0 aromatic heterocycles. The first-order chi connectivity index (χ1) is 11.2. The van der Waals surface area contributed by atoms with Gasteiger partial charge in [-0.15, -0.1) is 0 Å². The van der Waals surface area contributed by atoms with Crippen LogP contribution in [0.1, 0.15) is 18.4 Å². The van der Waals surface area contributed by atoms with Gasteiger partial charge in [0, 0.05) is 25.2 Å². The molecule has 23 heavy (non-hydrogen) atoms. The van der Waals surface area contributed by atoms with Crippen molar-refractivity contribution in [3.8, 4) is 5.75 Å². The first kappa shape index (κ1) is 15.0. The normalized spacial score (nSPS) is 32.9. The summed E-state index contributed by atoms with van der Waals surface area (Å²) >= 11 is 0. The molecule has 0 spiro atoms. The van der Waals surface area contributed by atoms with E-state index in [1.165, 1.54) is 0 Å². The molecule has 3 saturated heterocycles. The minimum Gasteiger partial charge on any atom is -0.490 e. The lowest BCUT2D eigenvalue weighted by Gasteiger charge is -2.27. The van der Waals surface area contributed by atoms with Crippen molar-refractivity contribution in [3.63, 3.8) is 0 Å². The van der Waals surface area contributed by atoms with Crippen LogP contribution in [-0.2, 0) is 4.79 Å². The molecule has 1 aromatic rings. The Labute approximate surface area is 136 Å². The average Bonchev–Trinajstić information content (AvgIpc) is 3.24. The van der Waals surface area contributed by atoms with Crippen molar-refractivity contribution in [3.05, 3.63) is 29.8 Å². The van der Waals surface area contributed by atoms with Crippen molar-refractivity contribution in [2.45, 2.75) is 38.0 Å². The summed E-state index contributed by atoms with van der Waals surface area (Å²) in [7, 11) is 0. The van der Waals surface area contributed by atoms with E-state index >= 15 is 0 Å². The minimum atomic E-state index is -1.08. The molecule has 0 radical (unpaired) electrons.